The molecule has 1 aromatic carbocycles. The van der Waals surface area contributed by atoms with Crippen LogP contribution in [0.2, 0.25) is 5.02 Å². The number of ether oxygens (including phenoxy) is 1. The fraction of sp³-hybridized carbons (Fsp3) is 0.429. The van der Waals surface area contributed by atoms with E-state index in [1.165, 1.54) is 0 Å². The van der Waals surface area contributed by atoms with E-state index < -0.39 is 12.0 Å². The van der Waals surface area contributed by atoms with Gasteiger partial charge in [0.15, 0.2) is 0 Å². The van der Waals surface area contributed by atoms with Crippen molar-refractivity contribution in [3.63, 3.8) is 0 Å². The van der Waals surface area contributed by atoms with E-state index in [2.05, 4.69) is 5.32 Å². The third-order valence-electron chi connectivity index (χ3n) is 3.30. The van der Waals surface area contributed by atoms with Gasteiger partial charge in [-0.15, -0.1) is 0 Å². The van der Waals surface area contributed by atoms with Gasteiger partial charge in [-0.25, -0.2) is 4.79 Å². The molecule has 0 radical (unpaired) electrons. The average Bonchev–Trinajstić information content (AvgIpc) is 2.94. The van der Waals surface area contributed by atoms with E-state index in [-0.39, 0.29) is 18.2 Å². The zero-order chi connectivity index (χ0) is 14.5. The maximum absolute atomic E-state index is 11.9. The normalized spacial score (nSPS) is 19.6. The number of hydrogen-bond donors (Lipinski definition) is 2. The van der Waals surface area contributed by atoms with Gasteiger partial charge in [-0.05, 0) is 18.1 Å². The molecule has 1 aromatic rings. The highest BCUT2D eigenvalue weighted by Crippen LogP contribution is 2.18. The number of halogens is 1. The van der Waals surface area contributed by atoms with Gasteiger partial charge in [0, 0.05) is 18.1 Å². The lowest BCUT2D eigenvalue weighted by molar-refractivity contribution is -0.142. The lowest BCUT2D eigenvalue weighted by atomic mass is 10.0. The summed E-state index contributed by atoms with van der Waals surface area (Å²) in [7, 11) is 0. The van der Waals surface area contributed by atoms with Crippen molar-refractivity contribution in [2.75, 3.05) is 13.2 Å². The summed E-state index contributed by atoms with van der Waals surface area (Å²) in [4.78, 5) is 23.2. The highest BCUT2D eigenvalue weighted by Gasteiger charge is 2.28. The summed E-state index contributed by atoms with van der Waals surface area (Å²) in [5, 5.41) is 12.3. The third kappa shape index (κ3) is 3.71. The van der Waals surface area contributed by atoms with E-state index in [0.717, 1.165) is 0 Å². The van der Waals surface area contributed by atoms with Crippen LogP contribution >= 0.6 is 11.6 Å². The molecule has 1 heterocycles. The molecular formula is C14H16ClNO4. The van der Waals surface area contributed by atoms with Crippen LogP contribution in [0.5, 0.6) is 0 Å². The second-order valence-corrected chi connectivity index (χ2v) is 5.16. The summed E-state index contributed by atoms with van der Waals surface area (Å²) in [6, 6.07) is 6.02. The maximum Gasteiger partial charge on any atom is 0.326 e. The molecule has 1 amide bonds. The molecule has 0 saturated carbocycles. The van der Waals surface area contributed by atoms with E-state index in [1.807, 2.05) is 0 Å². The fourth-order valence-corrected chi connectivity index (χ4v) is 2.33. The Labute approximate surface area is 121 Å². The molecule has 0 aromatic heterocycles. The van der Waals surface area contributed by atoms with E-state index in [9.17, 15) is 14.7 Å². The molecule has 6 heteroatoms. The molecule has 1 aliphatic heterocycles. The highest BCUT2D eigenvalue weighted by molar-refractivity contribution is 6.31. The van der Waals surface area contributed by atoms with Crippen LogP contribution in [-0.4, -0.2) is 36.2 Å². The predicted octanol–water partition coefficient (Wildman–Crippen LogP) is 1.49. The van der Waals surface area contributed by atoms with Crippen molar-refractivity contribution in [1.82, 2.24) is 5.32 Å². The molecule has 1 saturated heterocycles. The van der Waals surface area contributed by atoms with Crippen LogP contribution in [0, 0.1) is 5.92 Å². The van der Waals surface area contributed by atoms with Gasteiger partial charge < -0.3 is 15.2 Å². The van der Waals surface area contributed by atoms with Crippen LogP contribution in [0.15, 0.2) is 24.3 Å². The lowest BCUT2D eigenvalue weighted by Crippen LogP contribution is -2.45. The summed E-state index contributed by atoms with van der Waals surface area (Å²) in [5.74, 6) is -1.61. The van der Waals surface area contributed by atoms with Crippen molar-refractivity contribution in [2.24, 2.45) is 5.92 Å². The lowest BCUT2D eigenvalue weighted by Gasteiger charge is -2.17. The number of benzene rings is 1. The minimum Gasteiger partial charge on any atom is -0.480 e. The molecule has 2 N–H and O–H groups in total. The number of carbonyl (C=O) groups excluding carboxylic acids is 1. The topological polar surface area (TPSA) is 75.6 Å². The zero-order valence-electron chi connectivity index (χ0n) is 10.8. The van der Waals surface area contributed by atoms with Gasteiger partial charge in [0.25, 0.3) is 0 Å². The first-order valence-electron chi connectivity index (χ1n) is 6.42. The predicted molar refractivity (Wildman–Crippen MR) is 73.6 cm³/mol. The largest absolute Gasteiger partial charge is 0.480 e. The summed E-state index contributed by atoms with van der Waals surface area (Å²) in [6.07, 6.45) is 0.790. The highest BCUT2D eigenvalue weighted by atomic mass is 35.5. The van der Waals surface area contributed by atoms with E-state index in [1.54, 1.807) is 24.3 Å². The van der Waals surface area contributed by atoms with Crippen LogP contribution < -0.4 is 5.32 Å². The smallest absolute Gasteiger partial charge is 0.326 e. The number of aliphatic carboxylic acids is 1. The van der Waals surface area contributed by atoms with Gasteiger partial charge in [-0.3, -0.25) is 4.79 Å². The van der Waals surface area contributed by atoms with E-state index >= 15 is 0 Å². The van der Waals surface area contributed by atoms with Crippen molar-refractivity contribution in [3.8, 4) is 0 Å². The first kappa shape index (κ1) is 14.8. The molecule has 2 atom stereocenters. The minimum absolute atomic E-state index is 0.161. The molecule has 0 aliphatic carbocycles. The zero-order valence-corrected chi connectivity index (χ0v) is 11.6. The van der Waals surface area contributed by atoms with Crippen LogP contribution in [0.4, 0.5) is 0 Å². The van der Waals surface area contributed by atoms with Gasteiger partial charge >= 0.3 is 5.97 Å². The van der Waals surface area contributed by atoms with Crippen molar-refractivity contribution in [2.45, 2.75) is 18.9 Å². The molecule has 1 aliphatic rings. The average molecular weight is 298 g/mol. The molecular weight excluding hydrogens is 282 g/mol. The van der Waals surface area contributed by atoms with Gasteiger partial charge in [0.05, 0.1) is 12.5 Å². The Balaban J connectivity index is 2.02. The second kappa shape index (κ2) is 6.72. The maximum atomic E-state index is 11.9. The number of carboxylic acid groups (broad SMARTS) is 1. The minimum atomic E-state index is -1.07. The van der Waals surface area contributed by atoms with Crippen molar-refractivity contribution >= 4 is 23.5 Å². The number of rotatable bonds is 5. The summed E-state index contributed by atoms with van der Waals surface area (Å²) in [5.41, 5.74) is 0.699. The molecule has 0 bridgehead atoms. The third-order valence-corrected chi connectivity index (χ3v) is 3.67. The first-order chi connectivity index (χ1) is 9.58. The van der Waals surface area contributed by atoms with Gasteiger partial charge in [-0.2, -0.15) is 0 Å². The molecule has 5 nitrogen and oxygen atoms in total. The van der Waals surface area contributed by atoms with Crippen LogP contribution in [0.25, 0.3) is 0 Å². The fourth-order valence-electron chi connectivity index (χ4n) is 2.11. The molecule has 0 spiro atoms. The number of hydrogen-bond acceptors (Lipinski definition) is 3. The van der Waals surface area contributed by atoms with E-state index in [0.29, 0.717) is 30.2 Å². The SMILES string of the molecule is O=C(N[C@@H](Cc1ccccc1Cl)C(=O)O)[C@@H]1CCOC1. The van der Waals surface area contributed by atoms with E-state index in [4.69, 9.17) is 16.3 Å². The number of carboxylic acids is 1. The van der Waals surface area contributed by atoms with Gasteiger partial charge in [-0.1, -0.05) is 29.8 Å². The number of nitrogens with one attached hydrogen (secondary N) is 1. The Kier molecular flexibility index (Phi) is 4.98. The standard InChI is InChI=1S/C14H16ClNO4/c15-11-4-2-1-3-9(11)7-12(14(18)19)16-13(17)10-5-6-20-8-10/h1-4,10,12H,5-8H2,(H,16,17)(H,18,19)/t10-,12+/m1/s1. The Bertz CT molecular complexity index is 500. The number of amides is 1. The Morgan fingerprint density at radius 3 is 2.80 bits per heavy atom. The summed E-state index contributed by atoms with van der Waals surface area (Å²) in [6.45, 7) is 0.893. The van der Waals surface area contributed by atoms with Crippen molar-refractivity contribution in [1.29, 1.82) is 0 Å². The van der Waals surface area contributed by atoms with Crippen LogP contribution in [0.3, 0.4) is 0 Å². The Hall–Kier alpha value is -1.59. The quantitative estimate of drug-likeness (QED) is 0.863. The van der Waals surface area contributed by atoms with Crippen LogP contribution in [-0.2, 0) is 20.7 Å². The Morgan fingerprint density at radius 2 is 2.20 bits per heavy atom. The van der Waals surface area contributed by atoms with Gasteiger partial charge in [0.2, 0.25) is 5.91 Å². The summed E-state index contributed by atoms with van der Waals surface area (Å²) >= 11 is 6.01. The van der Waals surface area contributed by atoms with Crippen LogP contribution in [0.1, 0.15) is 12.0 Å². The van der Waals surface area contributed by atoms with Crippen molar-refractivity contribution < 1.29 is 19.4 Å². The van der Waals surface area contributed by atoms with Gasteiger partial charge in [0.1, 0.15) is 6.04 Å². The second-order valence-electron chi connectivity index (χ2n) is 4.76. The number of carbonyl (C=O) groups is 2. The Morgan fingerprint density at radius 1 is 1.45 bits per heavy atom. The summed E-state index contributed by atoms with van der Waals surface area (Å²) < 4.78 is 5.13. The monoisotopic (exact) mass is 297 g/mol. The molecule has 0 unspecified atom stereocenters. The molecule has 1 fully saturated rings. The van der Waals surface area contributed by atoms with Crippen molar-refractivity contribution in [3.05, 3.63) is 34.9 Å². The first-order valence-corrected chi connectivity index (χ1v) is 6.80. The molecule has 2 rings (SSSR count). The molecule has 108 valence electrons. The molecule has 20 heavy (non-hydrogen) atoms.